The van der Waals surface area contributed by atoms with Gasteiger partial charge in [-0.15, -0.1) is 13.2 Å². The maximum atomic E-state index is 12.2. The first-order chi connectivity index (χ1) is 14.8. The van der Waals surface area contributed by atoms with Crippen LogP contribution >= 0.6 is 0 Å². The maximum Gasteiger partial charge on any atom is 0.573 e. The number of hydrogen-bond acceptors (Lipinski definition) is 4. The van der Waals surface area contributed by atoms with E-state index in [4.69, 9.17) is 4.74 Å². The summed E-state index contributed by atoms with van der Waals surface area (Å²) in [6.45, 7) is 0.0535. The van der Waals surface area contributed by atoms with Crippen molar-refractivity contribution in [1.29, 1.82) is 0 Å². The fraction of sp³-hybridized carbons (Fsp3) is 0.458. The minimum absolute atomic E-state index is 0.0535. The van der Waals surface area contributed by atoms with Crippen molar-refractivity contribution in [3.05, 3.63) is 65.2 Å². The Labute approximate surface area is 180 Å². The van der Waals surface area contributed by atoms with Crippen LogP contribution in [0, 0.1) is 5.92 Å². The van der Waals surface area contributed by atoms with Gasteiger partial charge in [0.15, 0.2) is 6.10 Å². The maximum absolute atomic E-state index is 12.2. The molecule has 1 aliphatic rings. The molecule has 0 radical (unpaired) electrons. The highest BCUT2D eigenvalue weighted by molar-refractivity contribution is 5.74. The number of carbonyl (C=O) groups excluding carboxylic acids is 1. The van der Waals surface area contributed by atoms with Gasteiger partial charge in [0, 0.05) is 6.42 Å². The monoisotopic (exact) mass is 436 g/mol. The molecule has 0 aliphatic heterocycles. The van der Waals surface area contributed by atoms with Crippen molar-refractivity contribution in [1.82, 2.24) is 0 Å². The Hall–Kier alpha value is -2.54. The van der Waals surface area contributed by atoms with E-state index < -0.39 is 18.4 Å². The summed E-state index contributed by atoms with van der Waals surface area (Å²) in [5, 5.41) is 10.0. The first-order valence-corrected chi connectivity index (χ1v) is 10.6. The summed E-state index contributed by atoms with van der Waals surface area (Å²) in [4.78, 5) is 12.1. The molecule has 0 unspecified atom stereocenters. The molecule has 0 saturated heterocycles. The quantitative estimate of drug-likeness (QED) is 0.567. The molecule has 1 fully saturated rings. The van der Waals surface area contributed by atoms with Gasteiger partial charge in [-0.25, -0.2) is 4.79 Å². The lowest BCUT2D eigenvalue weighted by Gasteiger charge is -2.21. The summed E-state index contributed by atoms with van der Waals surface area (Å²) in [6, 6.07) is 13.0. The fourth-order valence-corrected chi connectivity index (χ4v) is 3.88. The normalized spacial score (nSPS) is 16.0. The van der Waals surface area contributed by atoms with E-state index in [-0.39, 0.29) is 18.8 Å². The van der Waals surface area contributed by atoms with Crippen molar-refractivity contribution in [3.8, 4) is 5.75 Å². The summed E-state index contributed by atoms with van der Waals surface area (Å²) in [5.41, 5.74) is 2.60. The van der Waals surface area contributed by atoms with Crippen LogP contribution in [0.3, 0.4) is 0 Å². The fourth-order valence-electron chi connectivity index (χ4n) is 3.88. The molecule has 0 spiro atoms. The molecular weight excluding hydrogens is 409 g/mol. The van der Waals surface area contributed by atoms with Gasteiger partial charge in [-0.05, 0) is 41.2 Å². The van der Waals surface area contributed by atoms with Crippen LogP contribution in [0.15, 0.2) is 48.5 Å². The number of halogens is 3. The number of alkyl halides is 3. The molecule has 1 aliphatic carbocycles. The Balaban J connectivity index is 1.43. The van der Waals surface area contributed by atoms with Crippen molar-refractivity contribution in [2.75, 3.05) is 0 Å². The van der Waals surface area contributed by atoms with Crippen molar-refractivity contribution < 1.29 is 32.5 Å². The van der Waals surface area contributed by atoms with E-state index in [1.807, 2.05) is 12.1 Å². The summed E-state index contributed by atoms with van der Waals surface area (Å²) >= 11 is 0. The molecular formula is C24H27F3O4. The topological polar surface area (TPSA) is 55.8 Å². The molecule has 1 N–H and O–H groups in total. The Morgan fingerprint density at radius 2 is 1.52 bits per heavy atom. The molecule has 0 amide bonds. The molecule has 2 aromatic rings. The van der Waals surface area contributed by atoms with E-state index in [9.17, 15) is 23.1 Å². The largest absolute Gasteiger partial charge is 0.573 e. The average molecular weight is 436 g/mol. The molecule has 0 heterocycles. The standard InChI is InChI=1S/C24H27F3O4/c25-24(26,27)31-21-12-10-19(11-13-21)15-22(28)23(29)30-16-20-8-6-18(7-9-20)14-17-4-2-1-3-5-17/h6-13,17,22,28H,1-5,14-16H2/t22-/m1/s1. The number of benzene rings is 2. The Morgan fingerprint density at radius 1 is 0.935 bits per heavy atom. The molecule has 31 heavy (non-hydrogen) atoms. The van der Waals surface area contributed by atoms with Gasteiger partial charge in [0.1, 0.15) is 12.4 Å². The van der Waals surface area contributed by atoms with Gasteiger partial charge in [-0.2, -0.15) is 0 Å². The smallest absolute Gasteiger partial charge is 0.459 e. The SMILES string of the molecule is O=C(OCc1ccc(CC2CCCCC2)cc1)[C@H](O)Cc1ccc(OC(F)(F)F)cc1. The van der Waals surface area contributed by atoms with Gasteiger partial charge in [0.25, 0.3) is 0 Å². The lowest BCUT2D eigenvalue weighted by Crippen LogP contribution is -2.25. The van der Waals surface area contributed by atoms with E-state index in [1.54, 1.807) is 0 Å². The zero-order valence-electron chi connectivity index (χ0n) is 17.2. The highest BCUT2D eigenvalue weighted by atomic mass is 19.4. The number of hydrogen-bond donors (Lipinski definition) is 1. The summed E-state index contributed by atoms with van der Waals surface area (Å²) in [6.07, 6.45) is 1.38. The number of aliphatic hydroxyl groups excluding tert-OH is 1. The van der Waals surface area contributed by atoms with E-state index in [1.165, 1.54) is 49.8 Å². The number of esters is 1. The van der Waals surface area contributed by atoms with Crippen molar-refractivity contribution in [2.24, 2.45) is 5.92 Å². The number of rotatable bonds is 8. The van der Waals surface area contributed by atoms with Gasteiger partial charge in [0.05, 0.1) is 0 Å². The van der Waals surface area contributed by atoms with E-state index in [2.05, 4.69) is 16.9 Å². The summed E-state index contributed by atoms with van der Waals surface area (Å²) < 4.78 is 45.5. The molecule has 2 aromatic carbocycles. The van der Waals surface area contributed by atoms with Crippen molar-refractivity contribution >= 4 is 5.97 Å². The van der Waals surface area contributed by atoms with E-state index >= 15 is 0 Å². The molecule has 0 bridgehead atoms. The van der Waals surface area contributed by atoms with Gasteiger partial charge in [0.2, 0.25) is 0 Å². The van der Waals surface area contributed by atoms with Crippen LogP contribution in [-0.4, -0.2) is 23.5 Å². The molecule has 7 heteroatoms. The van der Waals surface area contributed by atoms with Crippen LogP contribution in [0.25, 0.3) is 0 Å². The second-order valence-corrected chi connectivity index (χ2v) is 8.04. The number of aliphatic hydroxyl groups is 1. The average Bonchev–Trinajstić information content (AvgIpc) is 2.74. The van der Waals surface area contributed by atoms with Crippen LogP contribution < -0.4 is 4.74 Å². The van der Waals surface area contributed by atoms with Crippen LogP contribution in [0.5, 0.6) is 5.75 Å². The lowest BCUT2D eigenvalue weighted by molar-refractivity contribution is -0.274. The zero-order valence-corrected chi connectivity index (χ0v) is 17.2. The second-order valence-electron chi connectivity index (χ2n) is 8.04. The van der Waals surface area contributed by atoms with Crippen LogP contribution in [0.4, 0.5) is 13.2 Å². The van der Waals surface area contributed by atoms with Gasteiger partial charge in [-0.1, -0.05) is 68.5 Å². The first-order valence-electron chi connectivity index (χ1n) is 10.6. The first kappa shape index (κ1) is 23.1. The zero-order chi connectivity index (χ0) is 22.3. The predicted octanol–water partition coefficient (Wildman–Crippen LogP) is 5.35. The third kappa shape index (κ3) is 7.90. The molecule has 1 atom stereocenters. The molecule has 4 nitrogen and oxygen atoms in total. The Bertz CT molecular complexity index is 825. The predicted molar refractivity (Wildman–Crippen MR) is 109 cm³/mol. The van der Waals surface area contributed by atoms with Crippen LogP contribution in [0.2, 0.25) is 0 Å². The number of ether oxygens (including phenoxy) is 2. The van der Waals surface area contributed by atoms with Gasteiger partial charge >= 0.3 is 12.3 Å². The van der Waals surface area contributed by atoms with Gasteiger partial charge < -0.3 is 14.6 Å². The summed E-state index contributed by atoms with van der Waals surface area (Å²) in [7, 11) is 0. The molecule has 168 valence electrons. The highest BCUT2D eigenvalue weighted by Crippen LogP contribution is 2.27. The highest BCUT2D eigenvalue weighted by Gasteiger charge is 2.31. The van der Waals surface area contributed by atoms with Crippen LogP contribution in [0.1, 0.15) is 48.8 Å². The van der Waals surface area contributed by atoms with Crippen molar-refractivity contribution in [3.63, 3.8) is 0 Å². The third-order valence-corrected chi connectivity index (χ3v) is 5.51. The second kappa shape index (κ2) is 10.7. The minimum atomic E-state index is -4.76. The summed E-state index contributed by atoms with van der Waals surface area (Å²) in [5.74, 6) is -0.385. The van der Waals surface area contributed by atoms with E-state index in [0.717, 1.165) is 30.0 Å². The lowest BCUT2D eigenvalue weighted by atomic mass is 9.85. The van der Waals surface area contributed by atoms with Crippen LogP contribution in [-0.2, 0) is 29.0 Å². The molecule has 0 aromatic heterocycles. The minimum Gasteiger partial charge on any atom is -0.459 e. The van der Waals surface area contributed by atoms with Gasteiger partial charge in [-0.3, -0.25) is 0 Å². The van der Waals surface area contributed by atoms with E-state index in [0.29, 0.717) is 5.56 Å². The number of carbonyl (C=O) groups is 1. The molecule has 1 saturated carbocycles. The van der Waals surface area contributed by atoms with Crippen molar-refractivity contribution in [2.45, 2.75) is 64.0 Å². The molecule has 3 rings (SSSR count). The Morgan fingerprint density at radius 3 is 2.13 bits per heavy atom. The Kier molecular flexibility index (Phi) is 7.96. The third-order valence-electron chi connectivity index (χ3n) is 5.51.